The SMILES string of the molecule is CN=C(NCCCNC(=O)c1occc1C)NCCc1ccccc1F. The second-order valence-corrected chi connectivity index (χ2v) is 5.81. The number of rotatable bonds is 8. The number of aliphatic imine (C=N–C) groups is 1. The molecule has 26 heavy (non-hydrogen) atoms. The molecule has 1 amide bonds. The second kappa shape index (κ2) is 10.2. The van der Waals surface area contributed by atoms with Crippen molar-refractivity contribution in [2.75, 3.05) is 26.7 Å². The number of nitrogens with zero attached hydrogens (tertiary/aromatic N) is 1. The maximum atomic E-state index is 13.6. The Kier molecular flexibility index (Phi) is 7.67. The van der Waals surface area contributed by atoms with Crippen LogP contribution in [-0.2, 0) is 6.42 Å². The molecular formula is C19H25FN4O2. The standard InChI is InChI=1S/C19H25FN4O2/c1-14-9-13-26-17(14)18(25)22-10-5-11-23-19(21-2)24-12-8-15-6-3-4-7-16(15)20/h3-4,6-7,9,13H,5,8,10-12H2,1-2H3,(H,22,25)(H2,21,23,24). The number of carbonyl (C=O) groups excluding carboxylic acids is 1. The van der Waals surface area contributed by atoms with Gasteiger partial charge in [0.05, 0.1) is 6.26 Å². The largest absolute Gasteiger partial charge is 0.459 e. The Morgan fingerprint density at radius 2 is 1.85 bits per heavy atom. The zero-order valence-corrected chi connectivity index (χ0v) is 15.1. The Balaban J connectivity index is 1.61. The lowest BCUT2D eigenvalue weighted by atomic mass is 10.1. The van der Waals surface area contributed by atoms with Gasteiger partial charge in [-0.2, -0.15) is 0 Å². The van der Waals surface area contributed by atoms with Gasteiger partial charge in [-0.05, 0) is 37.5 Å². The maximum Gasteiger partial charge on any atom is 0.287 e. The number of hydrogen-bond acceptors (Lipinski definition) is 3. The number of nitrogens with one attached hydrogen (secondary N) is 3. The molecule has 7 heteroatoms. The van der Waals surface area contributed by atoms with E-state index in [1.165, 1.54) is 12.3 Å². The van der Waals surface area contributed by atoms with Crippen molar-refractivity contribution in [1.82, 2.24) is 16.0 Å². The fourth-order valence-electron chi connectivity index (χ4n) is 2.42. The molecule has 0 unspecified atom stereocenters. The Morgan fingerprint density at radius 1 is 1.12 bits per heavy atom. The predicted octanol–water partition coefficient (Wildman–Crippen LogP) is 2.25. The van der Waals surface area contributed by atoms with E-state index in [9.17, 15) is 9.18 Å². The van der Waals surface area contributed by atoms with Crippen LogP contribution in [0.25, 0.3) is 0 Å². The smallest absolute Gasteiger partial charge is 0.287 e. The lowest BCUT2D eigenvalue weighted by Gasteiger charge is -2.12. The molecule has 0 aliphatic rings. The first-order valence-corrected chi connectivity index (χ1v) is 8.62. The third-order valence-electron chi connectivity index (χ3n) is 3.87. The Labute approximate surface area is 152 Å². The van der Waals surface area contributed by atoms with Crippen LogP contribution in [0.3, 0.4) is 0 Å². The van der Waals surface area contributed by atoms with Crippen LogP contribution in [0.1, 0.15) is 28.1 Å². The lowest BCUT2D eigenvalue weighted by Crippen LogP contribution is -2.39. The Morgan fingerprint density at radius 3 is 2.54 bits per heavy atom. The predicted molar refractivity (Wildman–Crippen MR) is 99.9 cm³/mol. The molecule has 0 saturated heterocycles. The van der Waals surface area contributed by atoms with Crippen molar-refractivity contribution in [3.8, 4) is 0 Å². The molecule has 0 radical (unpaired) electrons. The first-order valence-electron chi connectivity index (χ1n) is 8.62. The van der Waals surface area contributed by atoms with E-state index in [-0.39, 0.29) is 11.7 Å². The summed E-state index contributed by atoms with van der Waals surface area (Å²) in [6.45, 7) is 3.58. The van der Waals surface area contributed by atoms with E-state index < -0.39 is 0 Å². The minimum atomic E-state index is -0.208. The summed E-state index contributed by atoms with van der Waals surface area (Å²) in [5.41, 5.74) is 1.49. The van der Waals surface area contributed by atoms with Crippen LogP contribution in [0.2, 0.25) is 0 Å². The molecule has 1 aromatic carbocycles. The molecule has 0 spiro atoms. The highest BCUT2D eigenvalue weighted by molar-refractivity contribution is 5.92. The fraction of sp³-hybridized carbons (Fsp3) is 0.368. The normalized spacial score (nSPS) is 11.3. The zero-order chi connectivity index (χ0) is 18.8. The molecule has 0 bridgehead atoms. The summed E-state index contributed by atoms with van der Waals surface area (Å²) in [5, 5.41) is 9.12. The van der Waals surface area contributed by atoms with Crippen molar-refractivity contribution < 1.29 is 13.6 Å². The van der Waals surface area contributed by atoms with Gasteiger partial charge in [0.1, 0.15) is 5.82 Å². The molecule has 0 aliphatic heterocycles. The molecule has 140 valence electrons. The van der Waals surface area contributed by atoms with Gasteiger partial charge in [0.25, 0.3) is 5.91 Å². The number of halogens is 1. The lowest BCUT2D eigenvalue weighted by molar-refractivity contribution is 0.0925. The molecule has 2 rings (SSSR count). The third-order valence-corrected chi connectivity index (χ3v) is 3.87. The minimum Gasteiger partial charge on any atom is -0.459 e. The highest BCUT2D eigenvalue weighted by atomic mass is 19.1. The van der Waals surface area contributed by atoms with E-state index in [2.05, 4.69) is 20.9 Å². The first-order chi connectivity index (χ1) is 12.6. The quantitative estimate of drug-likeness (QED) is 0.383. The van der Waals surface area contributed by atoms with Crippen LogP contribution in [-0.4, -0.2) is 38.5 Å². The molecule has 6 nitrogen and oxygen atoms in total. The average molecular weight is 360 g/mol. The molecule has 1 heterocycles. The van der Waals surface area contributed by atoms with Gasteiger partial charge in [0, 0.05) is 32.2 Å². The first kappa shape index (κ1) is 19.5. The van der Waals surface area contributed by atoms with Gasteiger partial charge in [-0.15, -0.1) is 0 Å². The Hall–Kier alpha value is -2.83. The van der Waals surface area contributed by atoms with Crippen LogP contribution < -0.4 is 16.0 Å². The summed E-state index contributed by atoms with van der Waals surface area (Å²) < 4.78 is 18.7. The molecule has 2 aromatic rings. The van der Waals surface area contributed by atoms with Crippen molar-refractivity contribution in [2.24, 2.45) is 4.99 Å². The van der Waals surface area contributed by atoms with Gasteiger partial charge in [-0.3, -0.25) is 9.79 Å². The fourth-order valence-corrected chi connectivity index (χ4v) is 2.42. The summed E-state index contributed by atoms with van der Waals surface area (Å²) in [6.07, 6.45) is 2.81. The summed E-state index contributed by atoms with van der Waals surface area (Å²) in [4.78, 5) is 16.0. The number of amides is 1. The molecule has 0 fully saturated rings. The number of hydrogen-bond donors (Lipinski definition) is 3. The second-order valence-electron chi connectivity index (χ2n) is 5.81. The van der Waals surface area contributed by atoms with Crippen molar-refractivity contribution >= 4 is 11.9 Å². The summed E-state index contributed by atoms with van der Waals surface area (Å²) in [7, 11) is 1.68. The summed E-state index contributed by atoms with van der Waals surface area (Å²) in [5.74, 6) is 0.595. The number of guanidine groups is 1. The monoisotopic (exact) mass is 360 g/mol. The number of benzene rings is 1. The van der Waals surface area contributed by atoms with E-state index in [1.807, 2.05) is 13.0 Å². The Bertz CT molecular complexity index is 743. The van der Waals surface area contributed by atoms with E-state index in [0.29, 0.717) is 43.3 Å². The number of carbonyl (C=O) groups is 1. The zero-order valence-electron chi connectivity index (χ0n) is 15.1. The van der Waals surface area contributed by atoms with Gasteiger partial charge in [0.15, 0.2) is 11.7 Å². The molecule has 0 aliphatic carbocycles. The highest BCUT2D eigenvalue weighted by Crippen LogP contribution is 2.08. The van der Waals surface area contributed by atoms with E-state index in [4.69, 9.17) is 4.42 Å². The average Bonchev–Trinajstić information content (AvgIpc) is 3.07. The van der Waals surface area contributed by atoms with Gasteiger partial charge in [0.2, 0.25) is 0 Å². The number of furan rings is 1. The van der Waals surface area contributed by atoms with Gasteiger partial charge >= 0.3 is 0 Å². The molecule has 0 saturated carbocycles. The third kappa shape index (κ3) is 5.91. The van der Waals surface area contributed by atoms with Crippen molar-refractivity contribution in [3.63, 3.8) is 0 Å². The van der Waals surface area contributed by atoms with Crippen LogP contribution >= 0.6 is 0 Å². The van der Waals surface area contributed by atoms with E-state index in [0.717, 1.165) is 12.0 Å². The molecular weight excluding hydrogens is 335 g/mol. The van der Waals surface area contributed by atoms with Crippen molar-refractivity contribution in [1.29, 1.82) is 0 Å². The van der Waals surface area contributed by atoms with Crippen LogP contribution in [0.5, 0.6) is 0 Å². The van der Waals surface area contributed by atoms with Crippen molar-refractivity contribution in [3.05, 3.63) is 59.3 Å². The molecule has 0 atom stereocenters. The van der Waals surface area contributed by atoms with Crippen molar-refractivity contribution in [2.45, 2.75) is 19.8 Å². The van der Waals surface area contributed by atoms with Gasteiger partial charge in [-0.25, -0.2) is 4.39 Å². The topological polar surface area (TPSA) is 78.7 Å². The highest BCUT2D eigenvalue weighted by Gasteiger charge is 2.11. The van der Waals surface area contributed by atoms with Crippen LogP contribution in [0.4, 0.5) is 4.39 Å². The van der Waals surface area contributed by atoms with E-state index >= 15 is 0 Å². The number of aryl methyl sites for hydroxylation is 1. The van der Waals surface area contributed by atoms with Gasteiger partial charge in [-0.1, -0.05) is 18.2 Å². The maximum absolute atomic E-state index is 13.6. The molecule has 3 N–H and O–H groups in total. The molecule has 1 aromatic heterocycles. The van der Waals surface area contributed by atoms with E-state index in [1.54, 1.807) is 25.2 Å². The van der Waals surface area contributed by atoms with Crippen LogP contribution in [0, 0.1) is 12.7 Å². The summed E-state index contributed by atoms with van der Waals surface area (Å²) >= 11 is 0. The minimum absolute atomic E-state index is 0.195. The van der Waals surface area contributed by atoms with Crippen LogP contribution in [0.15, 0.2) is 46.0 Å². The summed E-state index contributed by atoms with van der Waals surface area (Å²) in [6, 6.07) is 8.49. The van der Waals surface area contributed by atoms with Gasteiger partial charge < -0.3 is 20.4 Å².